The molecule has 1 aromatic heterocycles. The van der Waals surface area contributed by atoms with Gasteiger partial charge in [0.1, 0.15) is 18.2 Å². The average Bonchev–Trinajstić information content (AvgIpc) is 2.90. The number of esters is 1. The second kappa shape index (κ2) is 5.27. The van der Waals surface area contributed by atoms with Crippen LogP contribution in [0.2, 0.25) is 0 Å². The maximum Gasteiger partial charge on any atom is 0.346 e. The molecule has 0 spiro atoms. The predicted molar refractivity (Wildman–Crippen MR) is 73.0 cm³/mol. The Morgan fingerprint density at radius 3 is 3.05 bits per heavy atom. The van der Waals surface area contributed by atoms with Gasteiger partial charge in [0.05, 0.1) is 5.03 Å². The number of pyridine rings is 1. The fourth-order valence-corrected chi connectivity index (χ4v) is 2.59. The van der Waals surface area contributed by atoms with E-state index in [0.29, 0.717) is 11.6 Å². The molecule has 6 heteroatoms. The largest absolute Gasteiger partial charge is 0.457 e. The number of aliphatic imine (C=N–C) groups is 1. The molecule has 1 aromatic rings. The minimum atomic E-state index is -0.308. The highest BCUT2D eigenvalue weighted by atomic mass is 32.2. The Morgan fingerprint density at radius 1 is 1.42 bits per heavy atom. The first-order valence-electron chi connectivity index (χ1n) is 5.75. The van der Waals surface area contributed by atoms with Crippen molar-refractivity contribution in [3.8, 4) is 0 Å². The molecule has 0 radical (unpaired) electrons. The fraction of sp³-hybridized carbons (Fsp3) is 0.154. The third-order valence-corrected chi connectivity index (χ3v) is 3.72. The number of nitrogens with zero attached hydrogens (tertiary/aromatic N) is 3. The molecule has 0 unspecified atom stereocenters. The van der Waals surface area contributed by atoms with Crippen LogP contribution in [0.4, 0.5) is 0 Å². The molecular weight excluding hydrogens is 262 g/mol. The van der Waals surface area contributed by atoms with Crippen LogP contribution in [0.3, 0.4) is 0 Å². The lowest BCUT2D eigenvalue weighted by molar-refractivity contribution is -0.139. The van der Waals surface area contributed by atoms with Crippen molar-refractivity contribution in [3.63, 3.8) is 0 Å². The van der Waals surface area contributed by atoms with Gasteiger partial charge in [-0.05, 0) is 23.8 Å². The maximum absolute atomic E-state index is 11.9. The van der Waals surface area contributed by atoms with E-state index in [2.05, 4.69) is 9.98 Å². The summed E-state index contributed by atoms with van der Waals surface area (Å²) in [5.41, 5.74) is 0.923. The molecule has 5 nitrogen and oxygen atoms in total. The second-order valence-electron chi connectivity index (χ2n) is 3.97. The zero-order valence-corrected chi connectivity index (χ0v) is 10.8. The van der Waals surface area contributed by atoms with Gasteiger partial charge in [-0.25, -0.2) is 4.79 Å². The quantitative estimate of drug-likeness (QED) is 0.787. The molecule has 2 aliphatic rings. The molecular formula is C13H11N3O2S. The van der Waals surface area contributed by atoms with Crippen LogP contribution in [-0.4, -0.2) is 28.7 Å². The van der Waals surface area contributed by atoms with Gasteiger partial charge in [-0.15, -0.1) is 0 Å². The van der Waals surface area contributed by atoms with Crippen molar-refractivity contribution >= 4 is 23.9 Å². The maximum atomic E-state index is 11.9. The number of ether oxygens (including phenoxy) is 1. The first-order valence-corrected chi connectivity index (χ1v) is 6.57. The van der Waals surface area contributed by atoms with E-state index in [1.807, 2.05) is 23.1 Å². The van der Waals surface area contributed by atoms with E-state index in [1.54, 1.807) is 24.8 Å². The van der Waals surface area contributed by atoms with Crippen molar-refractivity contribution in [1.82, 2.24) is 9.88 Å². The average molecular weight is 273 g/mol. The summed E-state index contributed by atoms with van der Waals surface area (Å²) in [5, 5.41) is 1.01. The van der Waals surface area contributed by atoms with Gasteiger partial charge < -0.3 is 9.64 Å². The lowest BCUT2D eigenvalue weighted by atomic mass is 10.3. The topological polar surface area (TPSA) is 54.8 Å². The molecule has 19 heavy (non-hydrogen) atoms. The SMILES string of the molecule is O=C(OCc1ccncc1)C1=CN2CN=CC=C2S1. The summed E-state index contributed by atoms with van der Waals surface area (Å²) in [6, 6.07) is 3.65. The van der Waals surface area contributed by atoms with Crippen molar-refractivity contribution in [2.24, 2.45) is 4.99 Å². The van der Waals surface area contributed by atoms with Crippen LogP contribution in [0, 0.1) is 0 Å². The first kappa shape index (κ1) is 12.0. The number of thioether (sulfide) groups is 1. The van der Waals surface area contributed by atoms with Crippen LogP contribution in [0.25, 0.3) is 0 Å². The van der Waals surface area contributed by atoms with Crippen LogP contribution in [0.15, 0.2) is 51.7 Å². The first-order chi connectivity index (χ1) is 9.33. The van der Waals surface area contributed by atoms with Gasteiger partial charge in [0, 0.05) is 24.8 Å². The van der Waals surface area contributed by atoms with E-state index in [4.69, 9.17) is 4.74 Å². The summed E-state index contributed by atoms with van der Waals surface area (Å²) >= 11 is 1.41. The molecule has 0 bridgehead atoms. The third kappa shape index (κ3) is 2.68. The summed E-state index contributed by atoms with van der Waals surface area (Å²) in [6.45, 7) is 0.814. The lowest BCUT2D eigenvalue weighted by Gasteiger charge is -2.15. The number of fused-ring (bicyclic) bond motifs is 1. The van der Waals surface area contributed by atoms with Gasteiger partial charge in [0.2, 0.25) is 0 Å². The summed E-state index contributed by atoms with van der Waals surface area (Å²) in [7, 11) is 0. The summed E-state index contributed by atoms with van der Waals surface area (Å²) in [4.78, 5) is 22.5. The van der Waals surface area contributed by atoms with E-state index in [9.17, 15) is 4.79 Å². The predicted octanol–water partition coefficient (Wildman–Crippen LogP) is 1.90. The minimum absolute atomic E-state index is 0.259. The molecule has 0 atom stereocenters. The highest BCUT2D eigenvalue weighted by Crippen LogP contribution is 2.37. The summed E-state index contributed by atoms with van der Waals surface area (Å²) < 4.78 is 5.27. The van der Waals surface area contributed by atoms with E-state index < -0.39 is 0 Å². The Bertz CT molecular complexity index is 581. The highest BCUT2D eigenvalue weighted by molar-refractivity contribution is 8.07. The fourth-order valence-electron chi connectivity index (χ4n) is 1.69. The number of aromatic nitrogens is 1. The highest BCUT2D eigenvalue weighted by Gasteiger charge is 2.25. The standard InChI is InChI=1S/C13H11N3O2S/c17-13(18-8-10-1-4-14-5-2-10)11-7-16-9-15-6-3-12(16)19-11/h1-7H,8-9H2. The molecule has 0 saturated carbocycles. The van der Waals surface area contributed by atoms with Crippen molar-refractivity contribution in [2.75, 3.05) is 6.67 Å². The molecule has 0 saturated heterocycles. The zero-order chi connectivity index (χ0) is 13.1. The van der Waals surface area contributed by atoms with Crippen molar-refractivity contribution < 1.29 is 9.53 Å². The number of allylic oxidation sites excluding steroid dienone is 1. The molecule has 3 rings (SSSR count). The third-order valence-electron chi connectivity index (χ3n) is 2.65. The lowest BCUT2D eigenvalue weighted by Crippen LogP contribution is -2.14. The second-order valence-corrected chi connectivity index (χ2v) is 5.04. The Hall–Kier alpha value is -2.08. The molecule has 2 aliphatic heterocycles. The molecule has 0 fully saturated rings. The molecule has 0 amide bonds. The van der Waals surface area contributed by atoms with Crippen LogP contribution in [0.5, 0.6) is 0 Å². The van der Waals surface area contributed by atoms with Gasteiger partial charge in [0.15, 0.2) is 0 Å². The van der Waals surface area contributed by atoms with Crippen LogP contribution in [0.1, 0.15) is 5.56 Å². The number of hydrogen-bond donors (Lipinski definition) is 0. The Balaban J connectivity index is 1.60. The summed E-state index contributed by atoms with van der Waals surface area (Å²) in [5.74, 6) is -0.308. The molecule has 0 aromatic carbocycles. The zero-order valence-electron chi connectivity index (χ0n) is 10.0. The van der Waals surface area contributed by atoms with E-state index in [0.717, 1.165) is 10.6 Å². The van der Waals surface area contributed by atoms with E-state index in [1.165, 1.54) is 11.8 Å². The molecule has 0 aliphatic carbocycles. The Morgan fingerprint density at radius 2 is 2.26 bits per heavy atom. The number of carbonyl (C=O) groups is 1. The van der Waals surface area contributed by atoms with Crippen molar-refractivity contribution in [1.29, 1.82) is 0 Å². The van der Waals surface area contributed by atoms with Crippen LogP contribution in [-0.2, 0) is 16.1 Å². The monoisotopic (exact) mass is 273 g/mol. The van der Waals surface area contributed by atoms with Gasteiger partial charge in [-0.1, -0.05) is 11.8 Å². The molecule has 96 valence electrons. The number of hydrogen-bond acceptors (Lipinski definition) is 6. The number of carbonyl (C=O) groups excluding carboxylic acids is 1. The van der Waals surface area contributed by atoms with Crippen LogP contribution >= 0.6 is 11.8 Å². The normalized spacial score (nSPS) is 16.7. The summed E-state index contributed by atoms with van der Waals surface area (Å²) in [6.07, 6.45) is 8.76. The Labute approximate surface area is 114 Å². The van der Waals surface area contributed by atoms with E-state index in [-0.39, 0.29) is 12.6 Å². The Kier molecular flexibility index (Phi) is 3.33. The van der Waals surface area contributed by atoms with Gasteiger partial charge >= 0.3 is 5.97 Å². The van der Waals surface area contributed by atoms with E-state index >= 15 is 0 Å². The van der Waals surface area contributed by atoms with Crippen molar-refractivity contribution in [2.45, 2.75) is 6.61 Å². The van der Waals surface area contributed by atoms with Gasteiger partial charge in [0.25, 0.3) is 0 Å². The van der Waals surface area contributed by atoms with Gasteiger partial charge in [-0.2, -0.15) is 0 Å². The minimum Gasteiger partial charge on any atom is -0.457 e. The van der Waals surface area contributed by atoms with Crippen molar-refractivity contribution in [3.05, 3.63) is 52.3 Å². The molecule has 0 N–H and O–H groups in total. The smallest absolute Gasteiger partial charge is 0.346 e. The molecule has 3 heterocycles. The van der Waals surface area contributed by atoms with Gasteiger partial charge in [-0.3, -0.25) is 9.98 Å². The van der Waals surface area contributed by atoms with Crippen LogP contribution < -0.4 is 0 Å². The number of rotatable bonds is 3.